The van der Waals surface area contributed by atoms with Gasteiger partial charge in [-0.1, -0.05) is 59.3 Å². The van der Waals surface area contributed by atoms with Gasteiger partial charge in [0, 0.05) is 16.1 Å². The number of nitrogens with zero attached hydrogens (tertiary/aromatic N) is 3. The van der Waals surface area contributed by atoms with Gasteiger partial charge in [-0.05, 0) is 68.0 Å². The lowest BCUT2D eigenvalue weighted by atomic mass is 9.92. The third-order valence-corrected chi connectivity index (χ3v) is 7.52. The summed E-state index contributed by atoms with van der Waals surface area (Å²) in [5.41, 5.74) is 7.67. The van der Waals surface area contributed by atoms with Crippen LogP contribution >= 0.6 is 23.6 Å². The van der Waals surface area contributed by atoms with Crippen molar-refractivity contribution in [3.63, 3.8) is 0 Å². The van der Waals surface area contributed by atoms with Crippen LogP contribution in [0.25, 0.3) is 17.0 Å². The van der Waals surface area contributed by atoms with E-state index in [4.69, 9.17) is 21.7 Å². The minimum absolute atomic E-state index is 0.183. The van der Waals surface area contributed by atoms with Crippen molar-refractivity contribution in [3.05, 3.63) is 98.7 Å². The maximum Gasteiger partial charge on any atom is 0.258 e. The molecule has 0 radical (unpaired) electrons. The van der Waals surface area contributed by atoms with Crippen LogP contribution in [-0.2, 0) is 6.54 Å². The lowest BCUT2D eigenvalue weighted by Gasteiger charge is -2.37. The lowest BCUT2D eigenvalue weighted by molar-refractivity contribution is 0.396. The van der Waals surface area contributed by atoms with Gasteiger partial charge in [-0.25, -0.2) is 0 Å². The average Bonchev–Trinajstić information content (AvgIpc) is 3.51. The Bertz CT molecular complexity index is 1370. The first-order valence-electron chi connectivity index (χ1n) is 11.2. The number of hydrogen-bond acceptors (Lipinski definition) is 5. The van der Waals surface area contributed by atoms with Gasteiger partial charge in [0.15, 0.2) is 5.11 Å². The van der Waals surface area contributed by atoms with Crippen LogP contribution in [0.1, 0.15) is 46.0 Å². The zero-order valence-corrected chi connectivity index (χ0v) is 21.3. The highest BCUT2D eigenvalue weighted by Crippen LogP contribution is 2.38. The van der Waals surface area contributed by atoms with Crippen LogP contribution in [0.3, 0.4) is 0 Å². The van der Waals surface area contributed by atoms with E-state index in [0.29, 0.717) is 23.4 Å². The number of hydrogen-bond donors (Lipinski definition) is 1. The zero-order chi connectivity index (χ0) is 23.8. The summed E-state index contributed by atoms with van der Waals surface area (Å²) in [4.78, 5) is 8.16. The van der Waals surface area contributed by atoms with Crippen molar-refractivity contribution in [1.82, 2.24) is 20.4 Å². The molecule has 1 N–H and O–H groups in total. The van der Waals surface area contributed by atoms with E-state index in [1.807, 2.05) is 12.1 Å². The first-order chi connectivity index (χ1) is 16.4. The third-order valence-electron chi connectivity index (χ3n) is 6.32. The summed E-state index contributed by atoms with van der Waals surface area (Å²) in [6.07, 6.45) is 0. The lowest BCUT2D eigenvalue weighted by Crippen LogP contribution is -2.45. The molecule has 1 unspecified atom stereocenters. The van der Waals surface area contributed by atoms with Gasteiger partial charge in [0.05, 0.1) is 18.2 Å². The molecule has 2 aromatic carbocycles. The smallest absolute Gasteiger partial charge is 0.258 e. The summed E-state index contributed by atoms with van der Waals surface area (Å²) >= 11 is 7.55. The van der Waals surface area contributed by atoms with E-state index in [9.17, 15) is 0 Å². The summed E-state index contributed by atoms with van der Waals surface area (Å²) in [5, 5.41) is 10.6. The Kier molecular flexibility index (Phi) is 6.06. The largest absolute Gasteiger partial charge is 0.351 e. The van der Waals surface area contributed by atoms with Gasteiger partial charge in [-0.15, -0.1) is 11.3 Å². The molecule has 1 aliphatic rings. The molecule has 0 aliphatic carbocycles. The van der Waals surface area contributed by atoms with Crippen LogP contribution < -0.4 is 5.32 Å². The van der Waals surface area contributed by atoms with E-state index in [0.717, 1.165) is 22.4 Å². The Morgan fingerprint density at radius 3 is 2.53 bits per heavy atom. The van der Waals surface area contributed by atoms with Crippen LogP contribution in [0.4, 0.5) is 0 Å². The highest BCUT2D eigenvalue weighted by Gasteiger charge is 2.34. The predicted octanol–water partition coefficient (Wildman–Crippen LogP) is 6.59. The number of aryl methyl sites for hydroxylation is 3. The summed E-state index contributed by atoms with van der Waals surface area (Å²) < 4.78 is 5.86. The Morgan fingerprint density at radius 2 is 1.82 bits per heavy atom. The normalized spacial score (nSPS) is 16.2. The molecule has 5 rings (SSSR count). The SMILES string of the molecule is CC1=C(c2nc(-c3ccc(C)cc3)no2)C(c2ccc(C)c(C)c2)NC(=S)N1Cc1cccs1. The Hall–Kier alpha value is -3.29. The molecular formula is C27H26N4OS2. The summed E-state index contributed by atoms with van der Waals surface area (Å²) in [6.45, 7) is 9.08. The molecular weight excluding hydrogens is 460 g/mol. The van der Waals surface area contributed by atoms with Gasteiger partial charge in [0.2, 0.25) is 5.82 Å². The van der Waals surface area contributed by atoms with Gasteiger partial charge in [-0.3, -0.25) is 0 Å². The molecule has 1 aliphatic heterocycles. The molecule has 4 aromatic rings. The van der Waals surface area contributed by atoms with Gasteiger partial charge in [0.1, 0.15) is 0 Å². The molecule has 0 bridgehead atoms. The topological polar surface area (TPSA) is 54.2 Å². The molecule has 0 fully saturated rings. The quantitative estimate of drug-likeness (QED) is 0.321. The zero-order valence-electron chi connectivity index (χ0n) is 19.6. The van der Waals surface area contributed by atoms with Crippen molar-refractivity contribution in [3.8, 4) is 11.4 Å². The highest BCUT2D eigenvalue weighted by atomic mass is 32.1. The summed E-state index contributed by atoms with van der Waals surface area (Å²) in [6, 6.07) is 18.6. The van der Waals surface area contributed by atoms with Crippen LogP contribution in [0.5, 0.6) is 0 Å². The van der Waals surface area contributed by atoms with Crippen molar-refractivity contribution in [2.75, 3.05) is 0 Å². The predicted molar refractivity (Wildman–Crippen MR) is 141 cm³/mol. The van der Waals surface area contributed by atoms with Crippen LogP contribution in [0.2, 0.25) is 0 Å². The standard InChI is InChI=1S/C27H26N4OS2/c1-16-7-10-20(11-8-16)25-29-26(32-30-25)23-19(4)31(15-22-6-5-13-34-22)27(33)28-24(23)21-12-9-17(2)18(3)14-21/h5-14,24H,15H2,1-4H3,(H,28,33). The number of benzene rings is 2. The Labute approximate surface area is 209 Å². The molecule has 0 amide bonds. The van der Waals surface area contributed by atoms with Gasteiger partial charge in [-0.2, -0.15) is 4.98 Å². The van der Waals surface area contributed by atoms with E-state index in [1.54, 1.807) is 11.3 Å². The van der Waals surface area contributed by atoms with Crippen molar-refractivity contribution in [1.29, 1.82) is 0 Å². The van der Waals surface area contributed by atoms with Crippen LogP contribution in [0, 0.1) is 20.8 Å². The number of aromatic nitrogens is 2. The Balaban J connectivity index is 1.61. The molecule has 34 heavy (non-hydrogen) atoms. The molecule has 1 atom stereocenters. The van der Waals surface area contributed by atoms with E-state index in [-0.39, 0.29) is 6.04 Å². The second-order valence-electron chi connectivity index (χ2n) is 8.68. The van der Waals surface area contributed by atoms with Crippen molar-refractivity contribution in [2.45, 2.75) is 40.3 Å². The number of nitrogens with one attached hydrogen (secondary N) is 1. The van der Waals surface area contributed by atoms with E-state index in [1.165, 1.54) is 21.6 Å². The molecule has 172 valence electrons. The fourth-order valence-electron chi connectivity index (χ4n) is 4.15. The molecule has 7 heteroatoms. The maximum atomic E-state index is 5.86. The monoisotopic (exact) mass is 486 g/mol. The molecule has 0 spiro atoms. The fourth-order valence-corrected chi connectivity index (χ4v) is 5.17. The van der Waals surface area contributed by atoms with E-state index >= 15 is 0 Å². The molecule has 5 nitrogen and oxygen atoms in total. The average molecular weight is 487 g/mol. The van der Waals surface area contributed by atoms with Crippen LogP contribution in [0.15, 0.2) is 70.2 Å². The molecule has 2 aromatic heterocycles. The first-order valence-corrected chi connectivity index (χ1v) is 12.5. The highest BCUT2D eigenvalue weighted by molar-refractivity contribution is 7.80. The van der Waals surface area contributed by atoms with Gasteiger partial charge < -0.3 is 14.7 Å². The number of rotatable bonds is 5. The third kappa shape index (κ3) is 4.29. The van der Waals surface area contributed by atoms with Crippen molar-refractivity contribution in [2.24, 2.45) is 0 Å². The Morgan fingerprint density at radius 1 is 1.03 bits per heavy atom. The summed E-state index contributed by atoms with van der Waals surface area (Å²) in [5.74, 6) is 1.08. The van der Waals surface area contributed by atoms with E-state index < -0.39 is 0 Å². The van der Waals surface area contributed by atoms with Crippen molar-refractivity contribution >= 4 is 34.2 Å². The fraction of sp³-hybridized carbons (Fsp3) is 0.222. The number of thiophene rings is 1. The minimum atomic E-state index is -0.183. The van der Waals surface area contributed by atoms with Crippen LogP contribution in [-0.4, -0.2) is 20.2 Å². The van der Waals surface area contributed by atoms with Gasteiger partial charge >= 0.3 is 0 Å². The van der Waals surface area contributed by atoms with Crippen molar-refractivity contribution < 1.29 is 4.52 Å². The minimum Gasteiger partial charge on any atom is -0.351 e. The summed E-state index contributed by atoms with van der Waals surface area (Å²) in [7, 11) is 0. The molecule has 0 saturated carbocycles. The molecule has 0 saturated heterocycles. The molecule has 3 heterocycles. The second kappa shape index (κ2) is 9.16. The number of allylic oxidation sites excluding steroid dienone is 1. The van der Waals surface area contributed by atoms with E-state index in [2.05, 4.69) is 90.9 Å². The number of thiocarbonyl (C=S) groups is 1. The van der Waals surface area contributed by atoms with Gasteiger partial charge in [0.25, 0.3) is 5.89 Å². The maximum absolute atomic E-state index is 5.86. The second-order valence-corrected chi connectivity index (χ2v) is 10.1. The first kappa shape index (κ1) is 22.5.